The smallest absolute Gasteiger partial charge is 0.322 e. The number of carbonyl (C=O) groups excluding carboxylic acids is 2. The van der Waals surface area contributed by atoms with Crippen LogP contribution in [0.3, 0.4) is 0 Å². The summed E-state index contributed by atoms with van der Waals surface area (Å²) in [6.45, 7) is 3.52. The topological polar surface area (TPSA) is 88.1 Å². The highest BCUT2D eigenvalue weighted by atomic mass is 19.4. The Balaban J connectivity index is 1.84. The minimum absolute atomic E-state index is 0.101. The van der Waals surface area contributed by atoms with Crippen molar-refractivity contribution in [1.82, 2.24) is 15.0 Å². The van der Waals surface area contributed by atoms with Gasteiger partial charge in [-0.15, -0.1) is 0 Å². The quantitative estimate of drug-likeness (QED) is 0.269. The predicted octanol–water partition coefficient (Wildman–Crippen LogP) is 6.59. The Kier molecular flexibility index (Phi) is 7.99. The molecule has 0 spiro atoms. The molecular weight excluding hydrogens is 514 g/mol. The summed E-state index contributed by atoms with van der Waals surface area (Å²) in [5.74, 6) is -1.73. The molecule has 0 aliphatic rings. The molecule has 0 radical (unpaired) electrons. The zero-order valence-electron chi connectivity index (χ0n) is 21.0. The van der Waals surface area contributed by atoms with Crippen LogP contribution in [0.2, 0.25) is 0 Å². The number of hydrogen-bond acceptors (Lipinski definition) is 5. The fourth-order valence-electron chi connectivity index (χ4n) is 4.06. The van der Waals surface area contributed by atoms with Gasteiger partial charge < -0.3 is 5.32 Å². The number of aromatic nitrogens is 3. The molecule has 2 amide bonds. The SMILES string of the molecule is CCC(=O)N(c1ncccn1)c1cccc(-c2cc(C(=O)Nc3ccc(F)cc3)c(C(F)(F)F)cn2)c1CC. The Labute approximate surface area is 221 Å². The molecule has 0 fully saturated rings. The van der Waals surface area contributed by atoms with Crippen molar-refractivity contribution in [2.24, 2.45) is 0 Å². The first kappa shape index (κ1) is 27.4. The molecule has 0 unspecified atom stereocenters. The van der Waals surface area contributed by atoms with Crippen LogP contribution in [0.15, 0.2) is 73.2 Å². The van der Waals surface area contributed by atoms with Gasteiger partial charge in [-0.05, 0) is 54.4 Å². The van der Waals surface area contributed by atoms with Crippen LogP contribution in [0.5, 0.6) is 0 Å². The van der Waals surface area contributed by atoms with Gasteiger partial charge in [0, 0.05) is 36.3 Å². The van der Waals surface area contributed by atoms with Crippen molar-refractivity contribution in [3.63, 3.8) is 0 Å². The van der Waals surface area contributed by atoms with Crippen LogP contribution in [0.4, 0.5) is 34.9 Å². The van der Waals surface area contributed by atoms with Crippen LogP contribution in [-0.4, -0.2) is 26.8 Å². The van der Waals surface area contributed by atoms with E-state index in [9.17, 15) is 27.2 Å². The maximum absolute atomic E-state index is 13.8. The standard InChI is InChI=1S/C28H23F4N5O2/c1-3-19-20(7-5-8-24(19)37(25(38)4-2)27-33-13-6-14-34-27)23-15-21(22(16-35-23)28(30,31)32)26(39)36-18-11-9-17(29)10-12-18/h5-16H,3-4H2,1-2H3,(H,36,39). The van der Waals surface area contributed by atoms with Gasteiger partial charge in [0.05, 0.1) is 22.5 Å². The van der Waals surface area contributed by atoms with E-state index in [-0.39, 0.29) is 29.7 Å². The number of carbonyl (C=O) groups is 2. The molecule has 200 valence electrons. The van der Waals surface area contributed by atoms with Crippen LogP contribution >= 0.6 is 0 Å². The van der Waals surface area contributed by atoms with Gasteiger partial charge in [0.2, 0.25) is 11.9 Å². The lowest BCUT2D eigenvalue weighted by Crippen LogP contribution is -2.28. The molecule has 0 bridgehead atoms. The number of alkyl halides is 3. The molecule has 0 aliphatic carbocycles. The fourth-order valence-corrected chi connectivity index (χ4v) is 4.06. The Morgan fingerprint density at radius 2 is 1.64 bits per heavy atom. The molecule has 39 heavy (non-hydrogen) atoms. The molecule has 0 saturated heterocycles. The molecule has 4 rings (SSSR count). The first-order valence-corrected chi connectivity index (χ1v) is 12.0. The van der Waals surface area contributed by atoms with Gasteiger partial charge in [0.1, 0.15) is 5.82 Å². The van der Waals surface area contributed by atoms with Crippen LogP contribution in [-0.2, 0) is 17.4 Å². The summed E-state index contributed by atoms with van der Waals surface area (Å²) >= 11 is 0. The summed E-state index contributed by atoms with van der Waals surface area (Å²) in [4.78, 5) is 39.7. The lowest BCUT2D eigenvalue weighted by atomic mass is 9.97. The highest BCUT2D eigenvalue weighted by molar-refractivity contribution is 6.06. The number of benzene rings is 2. The normalized spacial score (nSPS) is 11.2. The second-order valence-electron chi connectivity index (χ2n) is 8.36. The van der Waals surface area contributed by atoms with Gasteiger partial charge >= 0.3 is 6.18 Å². The highest BCUT2D eigenvalue weighted by Crippen LogP contribution is 2.37. The summed E-state index contributed by atoms with van der Waals surface area (Å²) in [5, 5.41) is 2.38. The minimum atomic E-state index is -4.86. The van der Waals surface area contributed by atoms with E-state index in [2.05, 4.69) is 20.3 Å². The lowest BCUT2D eigenvalue weighted by molar-refractivity contribution is -0.138. The summed E-state index contributed by atoms with van der Waals surface area (Å²) in [5.41, 5.74) is -0.164. The van der Waals surface area contributed by atoms with Crippen molar-refractivity contribution in [2.45, 2.75) is 32.9 Å². The monoisotopic (exact) mass is 537 g/mol. The Morgan fingerprint density at radius 3 is 2.26 bits per heavy atom. The van der Waals surface area contributed by atoms with Crippen molar-refractivity contribution >= 4 is 29.1 Å². The summed E-state index contributed by atoms with van der Waals surface area (Å²) in [7, 11) is 0. The maximum atomic E-state index is 13.8. The number of pyridine rings is 1. The van der Waals surface area contributed by atoms with E-state index in [4.69, 9.17) is 0 Å². The zero-order valence-corrected chi connectivity index (χ0v) is 21.0. The number of amides is 2. The molecule has 2 heterocycles. The second-order valence-corrected chi connectivity index (χ2v) is 8.36. The summed E-state index contributed by atoms with van der Waals surface area (Å²) < 4.78 is 54.8. The molecule has 0 aliphatic heterocycles. The number of nitrogens with one attached hydrogen (secondary N) is 1. The van der Waals surface area contributed by atoms with E-state index in [1.165, 1.54) is 29.4 Å². The Hall–Kier alpha value is -4.67. The second kappa shape index (κ2) is 11.4. The first-order valence-electron chi connectivity index (χ1n) is 12.0. The molecule has 2 aromatic heterocycles. The van der Waals surface area contributed by atoms with E-state index in [0.29, 0.717) is 29.4 Å². The molecular formula is C28H23F4N5O2. The van der Waals surface area contributed by atoms with E-state index in [0.717, 1.165) is 18.2 Å². The number of rotatable bonds is 7. The minimum Gasteiger partial charge on any atom is -0.322 e. The van der Waals surface area contributed by atoms with E-state index >= 15 is 0 Å². The van der Waals surface area contributed by atoms with Gasteiger partial charge in [0.15, 0.2) is 0 Å². The van der Waals surface area contributed by atoms with Crippen LogP contribution in [0.1, 0.15) is 41.8 Å². The maximum Gasteiger partial charge on any atom is 0.418 e. The zero-order chi connectivity index (χ0) is 28.2. The number of nitrogens with zero attached hydrogens (tertiary/aromatic N) is 4. The van der Waals surface area contributed by atoms with Crippen molar-refractivity contribution < 1.29 is 27.2 Å². The molecule has 1 N–H and O–H groups in total. The highest BCUT2D eigenvalue weighted by Gasteiger charge is 2.36. The Bertz CT molecular complexity index is 1490. The summed E-state index contributed by atoms with van der Waals surface area (Å²) in [6.07, 6.45) is -0.723. The lowest BCUT2D eigenvalue weighted by Gasteiger charge is -2.24. The molecule has 4 aromatic rings. The largest absolute Gasteiger partial charge is 0.418 e. The molecule has 11 heteroatoms. The van der Waals surface area contributed by atoms with Gasteiger partial charge in [-0.2, -0.15) is 13.2 Å². The molecule has 0 atom stereocenters. The number of hydrogen-bond donors (Lipinski definition) is 1. The van der Waals surface area contributed by atoms with Crippen molar-refractivity contribution in [3.8, 4) is 11.3 Å². The summed E-state index contributed by atoms with van der Waals surface area (Å²) in [6, 6.07) is 12.3. The molecule has 2 aromatic carbocycles. The van der Waals surface area contributed by atoms with Gasteiger partial charge in [-0.3, -0.25) is 14.6 Å². The van der Waals surface area contributed by atoms with Gasteiger partial charge in [-0.1, -0.05) is 26.0 Å². The molecule has 7 nitrogen and oxygen atoms in total. The third-order valence-electron chi connectivity index (χ3n) is 5.88. The third kappa shape index (κ3) is 5.92. The van der Waals surface area contributed by atoms with Crippen molar-refractivity contribution in [1.29, 1.82) is 0 Å². The average molecular weight is 538 g/mol. The van der Waals surface area contributed by atoms with Crippen LogP contribution in [0.25, 0.3) is 11.3 Å². The number of anilines is 3. The first-order chi connectivity index (χ1) is 18.6. The third-order valence-corrected chi connectivity index (χ3v) is 5.88. The van der Waals surface area contributed by atoms with Gasteiger partial charge in [0.25, 0.3) is 5.91 Å². The average Bonchev–Trinajstić information content (AvgIpc) is 2.94. The van der Waals surface area contributed by atoms with E-state index < -0.39 is 29.0 Å². The molecule has 0 saturated carbocycles. The Morgan fingerprint density at radius 1 is 0.949 bits per heavy atom. The van der Waals surface area contributed by atoms with Crippen molar-refractivity contribution in [3.05, 3.63) is 95.7 Å². The van der Waals surface area contributed by atoms with Crippen LogP contribution in [0, 0.1) is 5.82 Å². The van der Waals surface area contributed by atoms with E-state index in [1.54, 1.807) is 31.2 Å². The van der Waals surface area contributed by atoms with Crippen molar-refractivity contribution in [2.75, 3.05) is 10.2 Å². The fraction of sp³-hybridized carbons (Fsp3) is 0.179. The van der Waals surface area contributed by atoms with Gasteiger partial charge in [-0.25, -0.2) is 19.3 Å². The van der Waals surface area contributed by atoms with Crippen LogP contribution < -0.4 is 10.2 Å². The number of halogens is 4. The van der Waals surface area contributed by atoms with E-state index in [1.807, 2.05) is 6.92 Å². The predicted molar refractivity (Wildman–Crippen MR) is 138 cm³/mol.